The average Bonchev–Trinajstić information content (AvgIpc) is 2.68. The Labute approximate surface area is 128 Å². The zero-order chi connectivity index (χ0) is 14.7. The van der Waals surface area contributed by atoms with Gasteiger partial charge < -0.3 is 9.88 Å². The Hall–Kier alpha value is -1.40. The number of hydrogen-bond acceptors (Lipinski definition) is 4. The first kappa shape index (κ1) is 14.5. The van der Waals surface area contributed by atoms with E-state index in [-0.39, 0.29) is 5.82 Å². The van der Waals surface area contributed by atoms with E-state index in [2.05, 4.69) is 20.1 Å². The standard InChI is InChI=1S/C15H19FN4S/c1-17-10-11-7-12(16)9-13(8-11)21-15-19-18-14-5-3-2-4-6-20(14)15/h7-9,17H,2-6,10H2,1H3. The third-order valence-corrected chi connectivity index (χ3v) is 4.55. The largest absolute Gasteiger partial charge is 0.316 e. The molecule has 1 aromatic carbocycles. The van der Waals surface area contributed by atoms with E-state index in [0.29, 0.717) is 6.54 Å². The van der Waals surface area contributed by atoms with E-state index >= 15 is 0 Å². The molecule has 1 aromatic heterocycles. The van der Waals surface area contributed by atoms with Crippen LogP contribution in [-0.2, 0) is 19.5 Å². The predicted octanol–water partition coefficient (Wildman–Crippen LogP) is 3.01. The van der Waals surface area contributed by atoms with Crippen molar-refractivity contribution in [1.82, 2.24) is 20.1 Å². The number of halogens is 1. The van der Waals surface area contributed by atoms with Gasteiger partial charge in [-0.05, 0) is 55.4 Å². The predicted molar refractivity (Wildman–Crippen MR) is 80.9 cm³/mol. The fourth-order valence-corrected chi connectivity index (χ4v) is 3.61. The quantitative estimate of drug-likeness (QED) is 0.943. The molecule has 6 heteroatoms. The van der Waals surface area contributed by atoms with Gasteiger partial charge in [0.1, 0.15) is 11.6 Å². The SMILES string of the molecule is CNCc1cc(F)cc(Sc2nnc3n2CCCCC3)c1. The first-order chi connectivity index (χ1) is 10.3. The Balaban J connectivity index is 1.85. The van der Waals surface area contributed by atoms with E-state index in [4.69, 9.17) is 0 Å². The summed E-state index contributed by atoms with van der Waals surface area (Å²) in [5.74, 6) is 0.850. The minimum Gasteiger partial charge on any atom is -0.316 e. The minimum absolute atomic E-state index is 0.208. The molecule has 0 amide bonds. The molecule has 0 spiro atoms. The monoisotopic (exact) mass is 306 g/mol. The molecule has 0 unspecified atom stereocenters. The van der Waals surface area contributed by atoms with Crippen LogP contribution in [0.1, 0.15) is 30.7 Å². The van der Waals surface area contributed by atoms with Crippen molar-refractivity contribution in [3.63, 3.8) is 0 Å². The van der Waals surface area contributed by atoms with Crippen molar-refractivity contribution < 1.29 is 4.39 Å². The third-order valence-electron chi connectivity index (χ3n) is 3.60. The van der Waals surface area contributed by atoms with Crippen LogP contribution in [-0.4, -0.2) is 21.8 Å². The van der Waals surface area contributed by atoms with Crippen molar-refractivity contribution >= 4 is 11.8 Å². The summed E-state index contributed by atoms with van der Waals surface area (Å²) in [5.41, 5.74) is 0.940. The van der Waals surface area contributed by atoms with Gasteiger partial charge in [0.25, 0.3) is 0 Å². The second kappa shape index (κ2) is 6.58. The van der Waals surface area contributed by atoms with Crippen molar-refractivity contribution in [2.24, 2.45) is 0 Å². The summed E-state index contributed by atoms with van der Waals surface area (Å²) < 4.78 is 15.9. The number of nitrogens with zero attached hydrogens (tertiary/aromatic N) is 3. The van der Waals surface area contributed by atoms with E-state index in [1.165, 1.54) is 24.6 Å². The molecule has 0 bridgehead atoms. The molecule has 2 heterocycles. The van der Waals surface area contributed by atoms with Gasteiger partial charge in [-0.15, -0.1) is 10.2 Å². The van der Waals surface area contributed by atoms with Crippen LogP contribution in [0.4, 0.5) is 4.39 Å². The van der Waals surface area contributed by atoms with Gasteiger partial charge in [0, 0.05) is 24.4 Å². The number of rotatable bonds is 4. The molecule has 21 heavy (non-hydrogen) atoms. The average molecular weight is 306 g/mol. The van der Waals surface area contributed by atoms with Crippen molar-refractivity contribution in [2.45, 2.75) is 48.8 Å². The van der Waals surface area contributed by atoms with Gasteiger partial charge in [0.05, 0.1) is 0 Å². The smallest absolute Gasteiger partial charge is 0.196 e. The second-order valence-corrected chi connectivity index (χ2v) is 6.33. The van der Waals surface area contributed by atoms with Crippen LogP contribution in [0.25, 0.3) is 0 Å². The molecule has 2 aromatic rings. The lowest BCUT2D eigenvalue weighted by molar-refractivity contribution is 0.590. The van der Waals surface area contributed by atoms with Crippen LogP contribution in [0.3, 0.4) is 0 Å². The third kappa shape index (κ3) is 3.44. The van der Waals surface area contributed by atoms with Gasteiger partial charge in [-0.2, -0.15) is 0 Å². The molecule has 112 valence electrons. The van der Waals surface area contributed by atoms with Gasteiger partial charge in [-0.25, -0.2) is 4.39 Å². The summed E-state index contributed by atoms with van der Waals surface area (Å²) in [7, 11) is 1.86. The molecule has 1 aliphatic heterocycles. The number of nitrogens with one attached hydrogen (secondary N) is 1. The van der Waals surface area contributed by atoms with E-state index in [1.807, 2.05) is 13.1 Å². The van der Waals surface area contributed by atoms with Crippen LogP contribution >= 0.6 is 11.8 Å². The van der Waals surface area contributed by atoms with Crippen molar-refractivity contribution in [3.05, 3.63) is 35.4 Å². The zero-order valence-electron chi connectivity index (χ0n) is 12.1. The van der Waals surface area contributed by atoms with E-state index in [1.54, 1.807) is 12.1 Å². The van der Waals surface area contributed by atoms with Crippen molar-refractivity contribution in [1.29, 1.82) is 0 Å². The maximum absolute atomic E-state index is 13.7. The molecule has 3 rings (SSSR count). The summed E-state index contributed by atoms with van der Waals surface area (Å²) in [6.45, 7) is 1.62. The lowest BCUT2D eigenvalue weighted by atomic mass is 10.2. The first-order valence-corrected chi connectivity index (χ1v) is 8.12. The van der Waals surface area contributed by atoms with E-state index in [9.17, 15) is 4.39 Å². The second-order valence-electron chi connectivity index (χ2n) is 5.29. The molecule has 0 aliphatic carbocycles. The Bertz CT molecular complexity index is 626. The van der Waals surface area contributed by atoms with E-state index < -0.39 is 0 Å². The molecular weight excluding hydrogens is 287 g/mol. The molecule has 0 saturated heterocycles. The Morgan fingerprint density at radius 3 is 3.00 bits per heavy atom. The molecule has 1 aliphatic rings. The minimum atomic E-state index is -0.208. The zero-order valence-corrected chi connectivity index (χ0v) is 12.9. The Kier molecular flexibility index (Phi) is 4.55. The molecular formula is C15H19FN4S. The summed E-state index contributed by atoms with van der Waals surface area (Å²) in [6, 6.07) is 5.12. The number of hydrogen-bond donors (Lipinski definition) is 1. The molecule has 4 nitrogen and oxygen atoms in total. The van der Waals surface area contributed by atoms with Gasteiger partial charge in [-0.3, -0.25) is 0 Å². The lowest BCUT2D eigenvalue weighted by Gasteiger charge is -2.08. The lowest BCUT2D eigenvalue weighted by Crippen LogP contribution is -2.05. The Morgan fingerprint density at radius 2 is 2.14 bits per heavy atom. The fourth-order valence-electron chi connectivity index (χ4n) is 2.63. The number of aromatic nitrogens is 3. The highest BCUT2D eigenvalue weighted by molar-refractivity contribution is 7.99. The summed E-state index contributed by atoms with van der Waals surface area (Å²) in [4.78, 5) is 0.875. The van der Waals surface area contributed by atoms with Gasteiger partial charge >= 0.3 is 0 Å². The molecule has 0 fully saturated rings. The molecule has 0 saturated carbocycles. The normalized spacial score (nSPS) is 14.8. The maximum Gasteiger partial charge on any atom is 0.196 e. The van der Waals surface area contributed by atoms with Crippen LogP contribution in [0, 0.1) is 5.82 Å². The van der Waals surface area contributed by atoms with Crippen molar-refractivity contribution in [2.75, 3.05) is 7.05 Å². The van der Waals surface area contributed by atoms with Crippen LogP contribution < -0.4 is 5.32 Å². The number of aryl methyl sites for hydroxylation is 1. The van der Waals surface area contributed by atoms with Crippen LogP contribution in [0.2, 0.25) is 0 Å². The van der Waals surface area contributed by atoms with Crippen LogP contribution in [0.15, 0.2) is 28.3 Å². The highest BCUT2D eigenvalue weighted by Gasteiger charge is 2.16. The van der Waals surface area contributed by atoms with Gasteiger partial charge in [-0.1, -0.05) is 6.42 Å². The van der Waals surface area contributed by atoms with Gasteiger partial charge in [0.15, 0.2) is 5.16 Å². The number of benzene rings is 1. The fraction of sp³-hybridized carbons (Fsp3) is 0.467. The highest BCUT2D eigenvalue weighted by Crippen LogP contribution is 2.29. The van der Waals surface area contributed by atoms with Crippen molar-refractivity contribution in [3.8, 4) is 0 Å². The summed E-state index contributed by atoms with van der Waals surface area (Å²) in [5, 5.41) is 12.5. The molecule has 0 radical (unpaired) electrons. The summed E-state index contributed by atoms with van der Waals surface area (Å²) >= 11 is 1.49. The van der Waals surface area contributed by atoms with Crippen LogP contribution in [0.5, 0.6) is 0 Å². The summed E-state index contributed by atoms with van der Waals surface area (Å²) in [6.07, 6.45) is 4.56. The molecule has 0 atom stereocenters. The number of fused-ring (bicyclic) bond motifs is 1. The van der Waals surface area contributed by atoms with Gasteiger partial charge in [0.2, 0.25) is 0 Å². The van der Waals surface area contributed by atoms with E-state index in [0.717, 1.165) is 40.8 Å². The Morgan fingerprint density at radius 1 is 1.24 bits per heavy atom. The first-order valence-electron chi connectivity index (χ1n) is 7.30. The highest BCUT2D eigenvalue weighted by atomic mass is 32.2. The molecule has 1 N–H and O–H groups in total. The topological polar surface area (TPSA) is 42.7 Å². The maximum atomic E-state index is 13.7.